The average molecular weight is 233 g/mol. The summed E-state index contributed by atoms with van der Waals surface area (Å²) >= 11 is 0. The summed E-state index contributed by atoms with van der Waals surface area (Å²) < 4.78 is 1.60. The second kappa shape index (κ2) is 4.12. The van der Waals surface area contributed by atoms with Crippen molar-refractivity contribution in [3.05, 3.63) is 30.1 Å². The fraction of sp³-hybridized carbons (Fsp3) is 0.100. The van der Waals surface area contributed by atoms with Gasteiger partial charge in [-0.05, 0) is 6.07 Å². The third-order valence-corrected chi connectivity index (χ3v) is 2.10. The van der Waals surface area contributed by atoms with Gasteiger partial charge < -0.3 is 16.2 Å². The Morgan fingerprint density at radius 3 is 2.94 bits per heavy atom. The lowest BCUT2D eigenvalue weighted by Crippen LogP contribution is -2.06. The summed E-state index contributed by atoms with van der Waals surface area (Å²) in [6.07, 6.45) is 3.12. The van der Waals surface area contributed by atoms with Crippen LogP contribution in [-0.2, 0) is 7.05 Å². The largest absolute Gasteiger partial charge is 0.478 e. The van der Waals surface area contributed by atoms with Gasteiger partial charge >= 0.3 is 5.97 Å². The Balaban J connectivity index is 2.35. The third-order valence-electron chi connectivity index (χ3n) is 2.10. The summed E-state index contributed by atoms with van der Waals surface area (Å²) in [7, 11) is 1.76. The summed E-state index contributed by atoms with van der Waals surface area (Å²) in [6.45, 7) is 0. The molecule has 17 heavy (non-hydrogen) atoms. The van der Waals surface area contributed by atoms with Gasteiger partial charge in [0.25, 0.3) is 0 Å². The molecule has 4 N–H and O–H groups in total. The molecule has 0 aliphatic heterocycles. The Kier molecular flexibility index (Phi) is 2.65. The zero-order chi connectivity index (χ0) is 12.4. The molecule has 2 aromatic rings. The number of carboxylic acid groups (broad SMARTS) is 1. The minimum absolute atomic E-state index is 0.00986. The highest BCUT2D eigenvalue weighted by Gasteiger charge is 2.12. The van der Waals surface area contributed by atoms with Crippen molar-refractivity contribution in [2.24, 2.45) is 7.05 Å². The van der Waals surface area contributed by atoms with Crippen LogP contribution in [0.5, 0.6) is 0 Å². The number of nitrogens with zero attached hydrogens (tertiary/aromatic N) is 3. The van der Waals surface area contributed by atoms with Crippen molar-refractivity contribution in [3.8, 4) is 0 Å². The molecule has 0 radical (unpaired) electrons. The number of nitrogen functional groups attached to an aromatic ring is 1. The second-order valence-electron chi connectivity index (χ2n) is 3.47. The number of aromatic nitrogens is 3. The number of aromatic carboxylic acids is 1. The van der Waals surface area contributed by atoms with E-state index < -0.39 is 5.97 Å². The van der Waals surface area contributed by atoms with Crippen LogP contribution in [0, 0.1) is 0 Å². The molecule has 0 saturated heterocycles. The highest BCUT2D eigenvalue weighted by Crippen LogP contribution is 2.19. The molecule has 88 valence electrons. The first-order valence-electron chi connectivity index (χ1n) is 4.82. The molecule has 0 bridgehead atoms. The van der Waals surface area contributed by atoms with E-state index in [2.05, 4.69) is 15.4 Å². The molecular formula is C10H11N5O2. The first-order chi connectivity index (χ1) is 8.06. The van der Waals surface area contributed by atoms with E-state index in [9.17, 15) is 4.79 Å². The normalized spacial score (nSPS) is 10.2. The fourth-order valence-electron chi connectivity index (χ4n) is 1.35. The molecule has 7 heteroatoms. The summed E-state index contributed by atoms with van der Waals surface area (Å²) in [4.78, 5) is 14.9. The molecule has 0 unspecified atom stereocenters. The van der Waals surface area contributed by atoms with Gasteiger partial charge in [-0.15, -0.1) is 0 Å². The van der Waals surface area contributed by atoms with E-state index in [-0.39, 0.29) is 11.4 Å². The van der Waals surface area contributed by atoms with Gasteiger partial charge in [0, 0.05) is 19.3 Å². The first kappa shape index (κ1) is 10.9. The lowest BCUT2D eigenvalue weighted by atomic mass is 10.2. The van der Waals surface area contributed by atoms with E-state index >= 15 is 0 Å². The molecule has 2 rings (SSSR count). The van der Waals surface area contributed by atoms with Crippen molar-refractivity contribution in [1.29, 1.82) is 0 Å². The second-order valence-corrected chi connectivity index (χ2v) is 3.47. The predicted molar refractivity (Wildman–Crippen MR) is 62.1 cm³/mol. The third kappa shape index (κ3) is 2.33. The molecule has 0 fully saturated rings. The zero-order valence-electron chi connectivity index (χ0n) is 9.08. The van der Waals surface area contributed by atoms with Gasteiger partial charge in [-0.1, -0.05) is 0 Å². The Labute approximate surface area is 96.9 Å². The number of hydrogen-bond donors (Lipinski definition) is 3. The van der Waals surface area contributed by atoms with Crippen molar-refractivity contribution in [2.75, 3.05) is 11.1 Å². The van der Waals surface area contributed by atoms with E-state index in [0.717, 1.165) is 0 Å². The first-order valence-corrected chi connectivity index (χ1v) is 4.82. The van der Waals surface area contributed by atoms with Crippen LogP contribution < -0.4 is 11.1 Å². The number of pyridine rings is 1. The van der Waals surface area contributed by atoms with Crippen LogP contribution in [0.1, 0.15) is 10.4 Å². The van der Waals surface area contributed by atoms with Crippen molar-refractivity contribution in [3.63, 3.8) is 0 Å². The topological polar surface area (TPSA) is 106 Å². The van der Waals surface area contributed by atoms with Crippen molar-refractivity contribution < 1.29 is 9.90 Å². The summed E-state index contributed by atoms with van der Waals surface area (Å²) in [5.41, 5.74) is 5.80. The molecule has 0 aliphatic rings. The molecule has 0 amide bonds. The van der Waals surface area contributed by atoms with Gasteiger partial charge in [0.05, 0.1) is 11.9 Å². The van der Waals surface area contributed by atoms with Crippen LogP contribution in [-0.4, -0.2) is 25.8 Å². The van der Waals surface area contributed by atoms with Gasteiger partial charge in [-0.3, -0.25) is 4.68 Å². The maximum Gasteiger partial charge on any atom is 0.339 e. The number of aryl methyl sites for hydroxylation is 1. The SMILES string of the molecule is Cn1ccc(Nc2ncc(N)cc2C(=O)O)n1. The van der Waals surface area contributed by atoms with Crippen LogP contribution >= 0.6 is 0 Å². The van der Waals surface area contributed by atoms with Gasteiger partial charge in [0.15, 0.2) is 5.82 Å². The molecule has 2 aromatic heterocycles. The number of hydrogen-bond acceptors (Lipinski definition) is 5. The molecule has 7 nitrogen and oxygen atoms in total. The quantitative estimate of drug-likeness (QED) is 0.725. The van der Waals surface area contributed by atoms with Crippen LogP contribution in [0.3, 0.4) is 0 Å². The van der Waals surface area contributed by atoms with E-state index in [1.54, 1.807) is 24.0 Å². The molecule has 0 spiro atoms. The fourth-order valence-corrected chi connectivity index (χ4v) is 1.35. The maximum absolute atomic E-state index is 11.0. The van der Waals surface area contributed by atoms with Crippen molar-refractivity contribution >= 4 is 23.3 Å². The molecule has 0 saturated carbocycles. The van der Waals surface area contributed by atoms with Crippen LogP contribution in [0.4, 0.5) is 17.3 Å². The standard InChI is InChI=1S/C10H11N5O2/c1-15-3-2-8(14-15)13-9-7(10(16)17)4-6(11)5-12-9/h2-5H,11H2,1H3,(H,16,17)(H,12,13,14). The molecule has 0 atom stereocenters. The summed E-state index contributed by atoms with van der Waals surface area (Å²) in [5, 5.41) is 15.9. The van der Waals surface area contributed by atoms with Crippen molar-refractivity contribution in [1.82, 2.24) is 14.8 Å². The van der Waals surface area contributed by atoms with Gasteiger partial charge in [-0.25, -0.2) is 9.78 Å². The highest BCUT2D eigenvalue weighted by atomic mass is 16.4. The Morgan fingerprint density at radius 2 is 2.35 bits per heavy atom. The Hall–Kier alpha value is -2.57. The van der Waals surface area contributed by atoms with Gasteiger partial charge in [0.1, 0.15) is 11.4 Å². The monoisotopic (exact) mass is 233 g/mol. The lowest BCUT2D eigenvalue weighted by molar-refractivity contribution is 0.0697. The molecule has 0 aliphatic carbocycles. The number of nitrogens with two attached hydrogens (primary N) is 1. The van der Waals surface area contributed by atoms with E-state index in [1.807, 2.05) is 0 Å². The van der Waals surface area contributed by atoms with Crippen LogP contribution in [0.25, 0.3) is 0 Å². The number of anilines is 3. The van der Waals surface area contributed by atoms with Crippen LogP contribution in [0.2, 0.25) is 0 Å². The lowest BCUT2D eigenvalue weighted by Gasteiger charge is -2.06. The maximum atomic E-state index is 11.0. The smallest absolute Gasteiger partial charge is 0.339 e. The van der Waals surface area contributed by atoms with Crippen LogP contribution in [0.15, 0.2) is 24.5 Å². The summed E-state index contributed by atoms with van der Waals surface area (Å²) in [5.74, 6) is -0.360. The van der Waals surface area contributed by atoms with Gasteiger partial charge in [-0.2, -0.15) is 5.10 Å². The molecule has 2 heterocycles. The number of rotatable bonds is 3. The Morgan fingerprint density at radius 1 is 1.59 bits per heavy atom. The minimum Gasteiger partial charge on any atom is -0.478 e. The molecular weight excluding hydrogens is 222 g/mol. The average Bonchev–Trinajstić information content (AvgIpc) is 2.66. The molecule has 0 aromatic carbocycles. The number of nitrogens with one attached hydrogen (secondary N) is 1. The van der Waals surface area contributed by atoms with E-state index in [4.69, 9.17) is 10.8 Å². The number of carbonyl (C=O) groups is 1. The predicted octanol–water partition coefficient (Wildman–Crippen LogP) is 0.839. The van der Waals surface area contributed by atoms with E-state index in [0.29, 0.717) is 11.5 Å². The minimum atomic E-state index is -1.09. The van der Waals surface area contributed by atoms with Gasteiger partial charge in [0.2, 0.25) is 0 Å². The van der Waals surface area contributed by atoms with Crippen molar-refractivity contribution in [2.45, 2.75) is 0 Å². The number of carboxylic acids is 1. The zero-order valence-corrected chi connectivity index (χ0v) is 9.08. The summed E-state index contributed by atoms with van der Waals surface area (Å²) in [6, 6.07) is 3.06. The Bertz CT molecular complexity index is 564. The highest BCUT2D eigenvalue weighted by molar-refractivity contribution is 5.94. The van der Waals surface area contributed by atoms with E-state index in [1.165, 1.54) is 12.3 Å².